The van der Waals surface area contributed by atoms with Crippen molar-refractivity contribution in [2.45, 2.75) is 26.7 Å². The lowest BCUT2D eigenvalue weighted by Gasteiger charge is -2.26. The summed E-state index contributed by atoms with van der Waals surface area (Å²) >= 11 is 0. The molecule has 200 valence electrons. The molecule has 0 aliphatic heterocycles. The number of benzene rings is 5. The molecule has 0 saturated carbocycles. The maximum Gasteiger partial charge on any atom is 0.0462 e. The normalized spacial score (nSPS) is 12.9. The predicted molar refractivity (Wildman–Crippen MR) is 178 cm³/mol. The predicted octanol–water partition coefficient (Wildman–Crippen LogP) is 11.3. The number of aryl methyl sites for hydroxylation is 2. The van der Waals surface area contributed by atoms with E-state index in [-0.39, 0.29) is 0 Å². The van der Waals surface area contributed by atoms with Gasteiger partial charge in [0.2, 0.25) is 0 Å². The number of allylic oxidation sites excluding steroid dienone is 4. The molecule has 41 heavy (non-hydrogen) atoms. The van der Waals surface area contributed by atoms with Crippen LogP contribution in [-0.2, 0) is 0 Å². The van der Waals surface area contributed by atoms with E-state index in [2.05, 4.69) is 170 Å². The number of rotatable bonds is 7. The van der Waals surface area contributed by atoms with Crippen LogP contribution >= 0.6 is 0 Å². The summed E-state index contributed by atoms with van der Waals surface area (Å²) in [6.07, 6.45) is 13.4. The fourth-order valence-electron chi connectivity index (χ4n) is 5.23. The van der Waals surface area contributed by atoms with Crippen molar-refractivity contribution >= 4 is 34.8 Å². The molecule has 0 bridgehead atoms. The van der Waals surface area contributed by atoms with Gasteiger partial charge < -0.3 is 4.90 Å². The lowest BCUT2D eigenvalue weighted by molar-refractivity contribution is 1.04. The van der Waals surface area contributed by atoms with Gasteiger partial charge in [0.15, 0.2) is 0 Å². The second kappa shape index (κ2) is 12.1. The van der Waals surface area contributed by atoms with E-state index in [1.165, 1.54) is 44.5 Å². The molecule has 0 atom stereocenters. The average Bonchev–Trinajstić information content (AvgIpc) is 3.03. The summed E-state index contributed by atoms with van der Waals surface area (Å²) < 4.78 is 0. The highest BCUT2D eigenvalue weighted by atomic mass is 15.1. The zero-order valence-electron chi connectivity index (χ0n) is 23.8. The monoisotopic (exact) mass is 529 g/mol. The Balaban J connectivity index is 1.26. The van der Waals surface area contributed by atoms with Gasteiger partial charge in [0.25, 0.3) is 0 Å². The average molecular weight is 530 g/mol. The summed E-state index contributed by atoms with van der Waals surface area (Å²) in [7, 11) is 0. The molecule has 0 spiro atoms. The van der Waals surface area contributed by atoms with Gasteiger partial charge in [0.05, 0.1) is 0 Å². The Bertz CT molecular complexity index is 1680. The summed E-state index contributed by atoms with van der Waals surface area (Å²) in [5.41, 5.74) is 13.4. The van der Waals surface area contributed by atoms with Crippen LogP contribution in [0.2, 0.25) is 0 Å². The highest BCUT2D eigenvalue weighted by molar-refractivity contribution is 5.80. The minimum atomic E-state index is 1.12. The number of nitrogens with zero attached hydrogens (tertiary/aromatic N) is 1. The van der Waals surface area contributed by atoms with Crippen molar-refractivity contribution in [1.82, 2.24) is 0 Å². The molecule has 5 aromatic carbocycles. The van der Waals surface area contributed by atoms with E-state index in [4.69, 9.17) is 0 Å². The van der Waals surface area contributed by atoms with Crippen LogP contribution < -0.4 is 4.90 Å². The van der Waals surface area contributed by atoms with Gasteiger partial charge in [0, 0.05) is 17.1 Å². The highest BCUT2D eigenvalue weighted by Gasteiger charge is 2.13. The Kier molecular flexibility index (Phi) is 7.78. The number of anilines is 3. The fraction of sp³-hybridized carbons (Fsp3) is 0.100. The molecular formula is C40H35N. The zero-order valence-corrected chi connectivity index (χ0v) is 23.8. The summed E-state index contributed by atoms with van der Waals surface area (Å²) in [5, 5.41) is 0. The van der Waals surface area contributed by atoms with Crippen molar-refractivity contribution in [2.24, 2.45) is 0 Å². The first-order valence-corrected chi connectivity index (χ1v) is 14.4. The van der Waals surface area contributed by atoms with Crippen LogP contribution in [0.3, 0.4) is 0 Å². The summed E-state index contributed by atoms with van der Waals surface area (Å²) in [5.74, 6) is 0. The first-order valence-electron chi connectivity index (χ1n) is 14.4. The van der Waals surface area contributed by atoms with Crippen LogP contribution in [0.5, 0.6) is 0 Å². The van der Waals surface area contributed by atoms with Crippen molar-refractivity contribution in [3.8, 4) is 11.1 Å². The molecule has 1 aliphatic carbocycles. The van der Waals surface area contributed by atoms with Gasteiger partial charge in [-0.2, -0.15) is 0 Å². The Morgan fingerprint density at radius 1 is 0.463 bits per heavy atom. The Morgan fingerprint density at radius 2 is 0.878 bits per heavy atom. The number of hydrogen-bond acceptors (Lipinski definition) is 1. The minimum absolute atomic E-state index is 1.12. The van der Waals surface area contributed by atoms with Crippen molar-refractivity contribution in [2.75, 3.05) is 4.90 Å². The molecule has 0 saturated heterocycles. The SMILES string of the molecule is Cc1ccc(/C=C/c2ccc(N(c3ccc(C)cc3)c3ccc(-c4ccc(C5=CCCC=C5)cc4)cc3)cc2)cc1. The van der Waals surface area contributed by atoms with Crippen LogP contribution in [0.15, 0.2) is 140 Å². The Hall–Kier alpha value is -4.88. The van der Waals surface area contributed by atoms with E-state index < -0.39 is 0 Å². The molecule has 6 rings (SSSR count). The lowest BCUT2D eigenvalue weighted by Crippen LogP contribution is -2.09. The van der Waals surface area contributed by atoms with Gasteiger partial charge in [-0.15, -0.1) is 0 Å². The maximum absolute atomic E-state index is 2.33. The van der Waals surface area contributed by atoms with Crippen LogP contribution in [0.25, 0.3) is 28.9 Å². The Labute approximate surface area is 244 Å². The first-order chi connectivity index (χ1) is 20.1. The minimum Gasteiger partial charge on any atom is -0.311 e. The molecule has 5 aromatic rings. The van der Waals surface area contributed by atoms with Crippen LogP contribution in [0.1, 0.15) is 40.7 Å². The van der Waals surface area contributed by atoms with Crippen molar-refractivity contribution in [3.05, 3.63) is 167 Å². The first kappa shape index (κ1) is 26.3. The molecule has 1 heteroatoms. The molecule has 0 fully saturated rings. The van der Waals surface area contributed by atoms with E-state index in [1.54, 1.807) is 0 Å². The van der Waals surface area contributed by atoms with E-state index in [9.17, 15) is 0 Å². The molecule has 0 unspecified atom stereocenters. The van der Waals surface area contributed by atoms with Gasteiger partial charge in [-0.25, -0.2) is 0 Å². The molecule has 0 amide bonds. The van der Waals surface area contributed by atoms with Crippen molar-refractivity contribution in [3.63, 3.8) is 0 Å². The zero-order chi connectivity index (χ0) is 28.0. The molecule has 0 radical (unpaired) electrons. The van der Waals surface area contributed by atoms with Gasteiger partial charge in [-0.1, -0.05) is 126 Å². The largest absolute Gasteiger partial charge is 0.311 e. The van der Waals surface area contributed by atoms with Crippen LogP contribution in [0, 0.1) is 13.8 Å². The van der Waals surface area contributed by atoms with Gasteiger partial charge in [0.1, 0.15) is 0 Å². The van der Waals surface area contributed by atoms with Crippen molar-refractivity contribution in [1.29, 1.82) is 0 Å². The third-order valence-corrected chi connectivity index (χ3v) is 7.66. The summed E-state index contributed by atoms with van der Waals surface area (Å²) in [6, 6.07) is 44.0. The van der Waals surface area contributed by atoms with Gasteiger partial charge in [-0.05, 0) is 96.5 Å². The highest BCUT2D eigenvalue weighted by Crippen LogP contribution is 2.36. The molecular weight excluding hydrogens is 494 g/mol. The van der Waals surface area contributed by atoms with E-state index in [0.717, 1.165) is 29.9 Å². The van der Waals surface area contributed by atoms with Gasteiger partial charge >= 0.3 is 0 Å². The summed E-state index contributed by atoms with van der Waals surface area (Å²) in [4.78, 5) is 2.32. The van der Waals surface area contributed by atoms with Crippen molar-refractivity contribution < 1.29 is 0 Å². The third kappa shape index (κ3) is 6.31. The lowest BCUT2D eigenvalue weighted by atomic mass is 9.97. The second-order valence-electron chi connectivity index (χ2n) is 10.8. The standard InChI is InChI=1S/C40H35N/c1-30-8-12-32(13-9-30)14-15-33-16-26-39(27-17-33)41(38-24-10-31(2)11-25-38)40-28-22-37(23-29-40)36-20-18-35(19-21-36)34-6-4-3-5-7-34/h4,6-29H,3,5H2,1-2H3/b15-14+. The van der Waals surface area contributed by atoms with Crippen LogP contribution in [0.4, 0.5) is 17.1 Å². The maximum atomic E-state index is 2.33. The summed E-state index contributed by atoms with van der Waals surface area (Å²) in [6.45, 7) is 4.25. The molecule has 0 heterocycles. The van der Waals surface area contributed by atoms with E-state index >= 15 is 0 Å². The molecule has 1 nitrogen and oxygen atoms in total. The van der Waals surface area contributed by atoms with Gasteiger partial charge in [-0.3, -0.25) is 0 Å². The van der Waals surface area contributed by atoms with E-state index in [1.807, 2.05) is 0 Å². The fourth-order valence-corrected chi connectivity index (χ4v) is 5.23. The third-order valence-electron chi connectivity index (χ3n) is 7.66. The Morgan fingerprint density at radius 3 is 1.39 bits per heavy atom. The van der Waals surface area contributed by atoms with Crippen LogP contribution in [-0.4, -0.2) is 0 Å². The molecule has 0 N–H and O–H groups in total. The quantitative estimate of drug-likeness (QED) is 0.190. The molecule has 0 aromatic heterocycles. The second-order valence-corrected chi connectivity index (χ2v) is 10.8. The topological polar surface area (TPSA) is 3.24 Å². The number of hydrogen-bond donors (Lipinski definition) is 0. The molecule has 1 aliphatic rings. The van der Waals surface area contributed by atoms with E-state index in [0.29, 0.717) is 0 Å². The smallest absolute Gasteiger partial charge is 0.0462 e.